The zero-order valence-electron chi connectivity index (χ0n) is 6.83. The highest BCUT2D eigenvalue weighted by Crippen LogP contribution is 2.11. The Bertz CT molecular complexity index is 231. The summed E-state index contributed by atoms with van der Waals surface area (Å²) in [5.41, 5.74) is 0.328. The highest BCUT2D eigenvalue weighted by atomic mass is 16.6. The van der Waals surface area contributed by atoms with Crippen molar-refractivity contribution in [1.82, 2.24) is 0 Å². The second kappa shape index (κ2) is 3.38. The lowest BCUT2D eigenvalue weighted by atomic mass is 10.3. The predicted octanol–water partition coefficient (Wildman–Crippen LogP) is 0.421. The number of rotatable bonds is 2. The van der Waals surface area contributed by atoms with Crippen LogP contribution in [-0.2, 0) is 19.1 Å². The fourth-order valence-electron chi connectivity index (χ4n) is 0.817. The van der Waals surface area contributed by atoms with Gasteiger partial charge in [0.15, 0.2) is 0 Å². The third-order valence-corrected chi connectivity index (χ3v) is 1.45. The number of hydrogen-bond acceptors (Lipinski definition) is 4. The topological polar surface area (TPSA) is 52.6 Å². The summed E-state index contributed by atoms with van der Waals surface area (Å²) < 4.78 is 9.46. The number of carbonyl (C=O) groups is 2. The SMILES string of the molecule is C=C(C)C(=O)O[C@H]1COC(=O)C1. The summed E-state index contributed by atoms with van der Waals surface area (Å²) in [6.07, 6.45) is -0.277. The molecule has 12 heavy (non-hydrogen) atoms. The summed E-state index contributed by atoms with van der Waals surface area (Å²) >= 11 is 0. The average molecular weight is 170 g/mol. The Hall–Kier alpha value is -1.32. The van der Waals surface area contributed by atoms with Crippen molar-refractivity contribution in [2.75, 3.05) is 6.61 Å². The molecule has 0 saturated carbocycles. The van der Waals surface area contributed by atoms with Gasteiger partial charge in [-0.05, 0) is 6.92 Å². The van der Waals surface area contributed by atoms with Gasteiger partial charge in [-0.15, -0.1) is 0 Å². The molecule has 1 aliphatic heterocycles. The van der Waals surface area contributed by atoms with Crippen LogP contribution < -0.4 is 0 Å². The molecule has 1 aliphatic rings. The van der Waals surface area contributed by atoms with Gasteiger partial charge in [0.2, 0.25) is 0 Å². The normalized spacial score (nSPS) is 21.8. The highest BCUT2D eigenvalue weighted by Gasteiger charge is 2.26. The number of carbonyl (C=O) groups excluding carboxylic acids is 2. The zero-order chi connectivity index (χ0) is 9.14. The largest absolute Gasteiger partial charge is 0.462 e. The summed E-state index contributed by atoms with van der Waals surface area (Å²) in [6, 6.07) is 0. The summed E-state index contributed by atoms with van der Waals surface area (Å²) in [6.45, 7) is 5.14. The average Bonchev–Trinajstić information content (AvgIpc) is 2.35. The van der Waals surface area contributed by atoms with Crippen molar-refractivity contribution in [2.45, 2.75) is 19.4 Å². The molecule has 0 unspecified atom stereocenters. The molecule has 1 atom stereocenters. The Balaban J connectivity index is 2.37. The molecule has 0 aromatic heterocycles. The number of cyclic esters (lactones) is 1. The Kier molecular flexibility index (Phi) is 2.47. The van der Waals surface area contributed by atoms with Crippen LogP contribution in [0.4, 0.5) is 0 Å². The highest BCUT2D eigenvalue weighted by molar-refractivity contribution is 5.87. The van der Waals surface area contributed by atoms with Gasteiger partial charge in [-0.3, -0.25) is 4.79 Å². The monoisotopic (exact) mass is 170 g/mol. The van der Waals surface area contributed by atoms with E-state index < -0.39 is 12.1 Å². The van der Waals surface area contributed by atoms with E-state index in [9.17, 15) is 9.59 Å². The first-order valence-corrected chi connectivity index (χ1v) is 3.61. The van der Waals surface area contributed by atoms with Crippen LogP contribution in [-0.4, -0.2) is 24.6 Å². The predicted molar refractivity (Wildman–Crippen MR) is 40.3 cm³/mol. The van der Waals surface area contributed by atoms with E-state index in [2.05, 4.69) is 11.3 Å². The van der Waals surface area contributed by atoms with Crippen LogP contribution in [0.1, 0.15) is 13.3 Å². The van der Waals surface area contributed by atoms with E-state index in [4.69, 9.17) is 4.74 Å². The molecule has 0 spiro atoms. The molecule has 0 bridgehead atoms. The Labute approximate surface area is 70.1 Å². The molecule has 1 fully saturated rings. The van der Waals surface area contributed by atoms with Gasteiger partial charge < -0.3 is 9.47 Å². The maximum Gasteiger partial charge on any atom is 0.333 e. The van der Waals surface area contributed by atoms with Crippen LogP contribution in [0.2, 0.25) is 0 Å². The third-order valence-electron chi connectivity index (χ3n) is 1.45. The molecule has 0 aromatic rings. The van der Waals surface area contributed by atoms with Crippen molar-refractivity contribution < 1.29 is 19.1 Å². The molecule has 0 aromatic carbocycles. The van der Waals surface area contributed by atoms with Gasteiger partial charge in [0, 0.05) is 5.57 Å². The van der Waals surface area contributed by atoms with E-state index in [0.29, 0.717) is 5.57 Å². The lowest BCUT2D eigenvalue weighted by Gasteiger charge is -2.07. The Morgan fingerprint density at radius 2 is 2.42 bits per heavy atom. The van der Waals surface area contributed by atoms with Crippen molar-refractivity contribution in [1.29, 1.82) is 0 Å². The van der Waals surface area contributed by atoms with Gasteiger partial charge in [-0.25, -0.2) is 4.79 Å². The second-order valence-corrected chi connectivity index (χ2v) is 2.69. The first-order chi connectivity index (χ1) is 5.59. The van der Waals surface area contributed by atoms with Gasteiger partial charge in [-0.1, -0.05) is 6.58 Å². The summed E-state index contributed by atoms with van der Waals surface area (Å²) in [7, 11) is 0. The van der Waals surface area contributed by atoms with Gasteiger partial charge >= 0.3 is 11.9 Å². The second-order valence-electron chi connectivity index (χ2n) is 2.69. The molecule has 0 aliphatic carbocycles. The zero-order valence-corrected chi connectivity index (χ0v) is 6.83. The van der Waals surface area contributed by atoms with Crippen LogP contribution in [0.3, 0.4) is 0 Å². The minimum Gasteiger partial charge on any atom is -0.462 e. The number of esters is 2. The number of hydrogen-bond donors (Lipinski definition) is 0. The van der Waals surface area contributed by atoms with E-state index >= 15 is 0 Å². The van der Waals surface area contributed by atoms with Crippen LogP contribution >= 0.6 is 0 Å². The van der Waals surface area contributed by atoms with E-state index in [1.165, 1.54) is 0 Å². The molecular weight excluding hydrogens is 160 g/mol. The van der Waals surface area contributed by atoms with Crippen LogP contribution in [0, 0.1) is 0 Å². The van der Waals surface area contributed by atoms with Gasteiger partial charge in [0.1, 0.15) is 12.7 Å². The Morgan fingerprint density at radius 3 is 2.83 bits per heavy atom. The van der Waals surface area contributed by atoms with Crippen molar-refractivity contribution in [2.24, 2.45) is 0 Å². The van der Waals surface area contributed by atoms with E-state index in [1.54, 1.807) is 6.92 Å². The van der Waals surface area contributed by atoms with E-state index in [-0.39, 0.29) is 19.0 Å². The first-order valence-electron chi connectivity index (χ1n) is 3.61. The van der Waals surface area contributed by atoms with Crippen LogP contribution in [0.25, 0.3) is 0 Å². The summed E-state index contributed by atoms with van der Waals surface area (Å²) in [5, 5.41) is 0. The number of ether oxygens (including phenoxy) is 2. The van der Waals surface area contributed by atoms with Gasteiger partial charge in [0.05, 0.1) is 6.42 Å². The molecule has 4 heteroatoms. The fraction of sp³-hybridized carbons (Fsp3) is 0.500. The molecule has 4 nitrogen and oxygen atoms in total. The molecule has 0 amide bonds. The third kappa shape index (κ3) is 2.08. The van der Waals surface area contributed by atoms with Gasteiger partial charge in [-0.2, -0.15) is 0 Å². The van der Waals surface area contributed by atoms with Crippen molar-refractivity contribution in [3.63, 3.8) is 0 Å². The molecule has 66 valence electrons. The molecule has 1 rings (SSSR count). The minimum absolute atomic E-state index is 0.152. The van der Waals surface area contributed by atoms with Gasteiger partial charge in [0.25, 0.3) is 0 Å². The summed E-state index contributed by atoms with van der Waals surface area (Å²) in [4.78, 5) is 21.5. The molecule has 0 N–H and O–H groups in total. The Morgan fingerprint density at radius 1 is 1.75 bits per heavy atom. The molecule has 0 radical (unpaired) electrons. The van der Waals surface area contributed by atoms with E-state index in [0.717, 1.165) is 0 Å². The van der Waals surface area contributed by atoms with Crippen molar-refractivity contribution in [3.05, 3.63) is 12.2 Å². The van der Waals surface area contributed by atoms with Crippen molar-refractivity contribution >= 4 is 11.9 Å². The molecular formula is C8H10O4. The standard InChI is InChI=1S/C8H10O4/c1-5(2)8(10)12-6-3-7(9)11-4-6/h6H,1,3-4H2,2H3/t6-/m1/s1. The molecule has 1 saturated heterocycles. The van der Waals surface area contributed by atoms with Crippen molar-refractivity contribution in [3.8, 4) is 0 Å². The van der Waals surface area contributed by atoms with Crippen LogP contribution in [0.15, 0.2) is 12.2 Å². The fourth-order valence-corrected chi connectivity index (χ4v) is 0.817. The smallest absolute Gasteiger partial charge is 0.333 e. The maximum absolute atomic E-state index is 10.9. The first kappa shape index (κ1) is 8.77. The van der Waals surface area contributed by atoms with Crippen LogP contribution in [0.5, 0.6) is 0 Å². The van der Waals surface area contributed by atoms with E-state index in [1.807, 2.05) is 0 Å². The summed E-state index contributed by atoms with van der Waals surface area (Å²) in [5.74, 6) is -0.798. The molecule has 1 heterocycles. The maximum atomic E-state index is 10.9. The quantitative estimate of drug-likeness (QED) is 0.445. The minimum atomic E-state index is -0.474. The lowest BCUT2D eigenvalue weighted by molar-refractivity contribution is -0.144. The lowest BCUT2D eigenvalue weighted by Crippen LogP contribution is -2.18.